The summed E-state index contributed by atoms with van der Waals surface area (Å²) < 4.78 is 1.79. The fourth-order valence-electron chi connectivity index (χ4n) is 2.10. The molecule has 1 aromatic heterocycles. The van der Waals surface area contributed by atoms with E-state index in [9.17, 15) is 9.59 Å². The number of halogens is 2. The third-order valence-electron chi connectivity index (χ3n) is 3.10. The van der Waals surface area contributed by atoms with Crippen LogP contribution in [0.2, 0.25) is 5.02 Å². The lowest BCUT2D eigenvalue weighted by Crippen LogP contribution is -2.12. The second kappa shape index (κ2) is 7.04. The van der Waals surface area contributed by atoms with Gasteiger partial charge in [-0.25, -0.2) is 4.98 Å². The Morgan fingerprint density at radius 2 is 1.96 bits per heavy atom. The second-order valence-corrected chi connectivity index (χ2v) is 7.64. The van der Waals surface area contributed by atoms with Crippen molar-refractivity contribution in [2.45, 2.75) is 6.92 Å². The van der Waals surface area contributed by atoms with Crippen molar-refractivity contribution in [2.75, 3.05) is 10.6 Å². The first-order valence-corrected chi connectivity index (χ1v) is 9.14. The zero-order valence-corrected chi connectivity index (χ0v) is 16.1. The minimum Gasteiger partial charge on any atom is -0.326 e. The van der Waals surface area contributed by atoms with Gasteiger partial charge in [0.15, 0.2) is 5.13 Å². The quantitative estimate of drug-likeness (QED) is 0.541. The first-order valence-electron chi connectivity index (χ1n) is 6.87. The van der Waals surface area contributed by atoms with Crippen LogP contribution in [0.15, 0.2) is 36.4 Å². The Labute approximate surface area is 160 Å². The number of aromatic nitrogens is 1. The molecule has 3 rings (SSSR count). The lowest BCUT2D eigenvalue weighted by Gasteiger charge is -2.04. The average molecular weight is 472 g/mol. The van der Waals surface area contributed by atoms with E-state index in [1.807, 2.05) is 12.1 Å². The Morgan fingerprint density at radius 3 is 2.71 bits per heavy atom. The smallest absolute Gasteiger partial charge is 0.258 e. The Morgan fingerprint density at radius 1 is 1.17 bits per heavy atom. The van der Waals surface area contributed by atoms with Gasteiger partial charge in [-0.05, 0) is 59.0 Å². The highest BCUT2D eigenvalue weighted by atomic mass is 127. The molecule has 0 aliphatic carbocycles. The molecule has 0 aliphatic heterocycles. The standard InChI is InChI=1S/C16H11ClIN3O2S/c1-8(22)19-10-3-5-13-14(7-10)24-16(20-13)21-15(23)11-6-9(18)2-4-12(11)17/h2-7H,1H3,(H,19,22)(H,20,21,23). The highest BCUT2D eigenvalue weighted by Gasteiger charge is 2.14. The summed E-state index contributed by atoms with van der Waals surface area (Å²) in [6.45, 7) is 1.45. The van der Waals surface area contributed by atoms with E-state index in [1.54, 1.807) is 24.3 Å². The SMILES string of the molecule is CC(=O)Nc1ccc2nc(NC(=O)c3cc(I)ccc3Cl)sc2c1. The lowest BCUT2D eigenvalue weighted by atomic mass is 10.2. The number of carbonyl (C=O) groups excluding carboxylic acids is 2. The van der Waals surface area contributed by atoms with E-state index in [1.165, 1.54) is 18.3 Å². The molecule has 0 radical (unpaired) electrons. The van der Waals surface area contributed by atoms with Crippen LogP contribution >= 0.6 is 45.5 Å². The molecule has 2 aromatic carbocycles. The van der Waals surface area contributed by atoms with Crippen LogP contribution in [0, 0.1) is 3.57 Å². The van der Waals surface area contributed by atoms with E-state index in [0.29, 0.717) is 21.4 Å². The normalized spacial score (nSPS) is 10.6. The third kappa shape index (κ3) is 3.85. The Hall–Kier alpha value is -1.71. The molecular weight excluding hydrogens is 461 g/mol. The predicted molar refractivity (Wildman–Crippen MR) is 106 cm³/mol. The maximum atomic E-state index is 12.4. The molecule has 0 bridgehead atoms. The monoisotopic (exact) mass is 471 g/mol. The lowest BCUT2D eigenvalue weighted by molar-refractivity contribution is -0.114. The number of nitrogens with one attached hydrogen (secondary N) is 2. The summed E-state index contributed by atoms with van der Waals surface area (Å²) in [6.07, 6.45) is 0. The Kier molecular flexibility index (Phi) is 5.02. The number of fused-ring (bicyclic) bond motifs is 1. The molecule has 122 valence electrons. The maximum absolute atomic E-state index is 12.4. The van der Waals surface area contributed by atoms with Crippen LogP contribution in [0.1, 0.15) is 17.3 Å². The van der Waals surface area contributed by atoms with Gasteiger partial charge in [0.1, 0.15) is 0 Å². The first kappa shape index (κ1) is 17.1. The van der Waals surface area contributed by atoms with Crippen molar-refractivity contribution >= 4 is 78.4 Å². The number of nitrogens with zero attached hydrogens (tertiary/aromatic N) is 1. The van der Waals surface area contributed by atoms with Crippen LogP contribution in [-0.2, 0) is 4.79 Å². The van der Waals surface area contributed by atoms with Crippen molar-refractivity contribution in [3.63, 3.8) is 0 Å². The van der Waals surface area contributed by atoms with Crippen molar-refractivity contribution in [1.82, 2.24) is 4.98 Å². The van der Waals surface area contributed by atoms with Gasteiger partial charge in [0.25, 0.3) is 5.91 Å². The molecule has 24 heavy (non-hydrogen) atoms. The van der Waals surface area contributed by atoms with Crippen molar-refractivity contribution in [3.8, 4) is 0 Å². The van der Waals surface area contributed by atoms with Crippen LogP contribution in [0.4, 0.5) is 10.8 Å². The number of rotatable bonds is 3. The molecule has 0 fully saturated rings. The summed E-state index contributed by atoms with van der Waals surface area (Å²) >= 11 is 9.54. The molecule has 3 aromatic rings. The minimum atomic E-state index is -0.306. The van der Waals surface area contributed by atoms with Gasteiger partial charge in [0.2, 0.25) is 5.91 Å². The molecule has 0 atom stereocenters. The van der Waals surface area contributed by atoms with E-state index in [-0.39, 0.29) is 11.8 Å². The van der Waals surface area contributed by atoms with Gasteiger partial charge in [0.05, 0.1) is 20.8 Å². The predicted octanol–water partition coefficient (Wildman–Crippen LogP) is 4.77. The largest absolute Gasteiger partial charge is 0.326 e. The van der Waals surface area contributed by atoms with Crippen LogP contribution in [-0.4, -0.2) is 16.8 Å². The fraction of sp³-hybridized carbons (Fsp3) is 0.0625. The summed E-state index contributed by atoms with van der Waals surface area (Å²) in [5, 5.41) is 6.36. The van der Waals surface area contributed by atoms with Crippen LogP contribution < -0.4 is 10.6 Å². The summed E-state index contributed by atoms with van der Waals surface area (Å²) in [6, 6.07) is 10.6. The van der Waals surface area contributed by atoms with Gasteiger partial charge < -0.3 is 5.32 Å². The second-order valence-electron chi connectivity index (χ2n) is 4.96. The topological polar surface area (TPSA) is 71.1 Å². The number of carbonyl (C=O) groups is 2. The molecular formula is C16H11ClIN3O2S. The Balaban J connectivity index is 1.86. The van der Waals surface area contributed by atoms with Crippen LogP contribution in [0.3, 0.4) is 0 Å². The number of hydrogen-bond donors (Lipinski definition) is 2. The average Bonchev–Trinajstić information content (AvgIpc) is 2.90. The summed E-state index contributed by atoms with van der Waals surface area (Å²) in [5.74, 6) is -0.444. The molecule has 0 aliphatic rings. The number of amides is 2. The van der Waals surface area contributed by atoms with E-state index in [0.717, 1.165) is 13.8 Å². The molecule has 0 unspecified atom stereocenters. The highest BCUT2D eigenvalue weighted by molar-refractivity contribution is 14.1. The van der Waals surface area contributed by atoms with Gasteiger partial charge in [-0.2, -0.15) is 0 Å². The van der Waals surface area contributed by atoms with Crippen molar-refractivity contribution in [1.29, 1.82) is 0 Å². The van der Waals surface area contributed by atoms with Crippen LogP contribution in [0.5, 0.6) is 0 Å². The van der Waals surface area contributed by atoms with Gasteiger partial charge in [-0.1, -0.05) is 22.9 Å². The van der Waals surface area contributed by atoms with E-state index in [4.69, 9.17) is 11.6 Å². The number of anilines is 2. The third-order valence-corrected chi connectivity index (χ3v) is 5.04. The van der Waals surface area contributed by atoms with Crippen molar-refractivity contribution < 1.29 is 9.59 Å². The van der Waals surface area contributed by atoms with Gasteiger partial charge >= 0.3 is 0 Å². The first-order chi connectivity index (χ1) is 11.4. The molecule has 0 spiro atoms. The summed E-state index contributed by atoms with van der Waals surface area (Å²) in [7, 11) is 0. The highest BCUT2D eigenvalue weighted by Crippen LogP contribution is 2.29. The van der Waals surface area contributed by atoms with E-state index < -0.39 is 0 Å². The Bertz CT molecular complexity index is 958. The zero-order chi connectivity index (χ0) is 17.3. The molecule has 2 N–H and O–H groups in total. The molecule has 0 saturated heterocycles. The minimum absolute atomic E-state index is 0.138. The molecule has 5 nitrogen and oxygen atoms in total. The zero-order valence-electron chi connectivity index (χ0n) is 12.4. The van der Waals surface area contributed by atoms with Crippen LogP contribution in [0.25, 0.3) is 10.2 Å². The fourth-order valence-corrected chi connectivity index (χ4v) is 3.69. The molecule has 0 saturated carbocycles. The summed E-state index contributed by atoms with van der Waals surface area (Å²) in [5.41, 5.74) is 1.84. The molecule has 1 heterocycles. The number of hydrogen-bond acceptors (Lipinski definition) is 4. The van der Waals surface area contributed by atoms with E-state index >= 15 is 0 Å². The van der Waals surface area contributed by atoms with Gasteiger partial charge in [-0.15, -0.1) is 0 Å². The number of thiazole rings is 1. The van der Waals surface area contributed by atoms with Gasteiger partial charge in [-0.3, -0.25) is 14.9 Å². The van der Waals surface area contributed by atoms with Crippen molar-refractivity contribution in [3.05, 3.63) is 50.6 Å². The van der Waals surface area contributed by atoms with Gasteiger partial charge in [0, 0.05) is 16.2 Å². The summed E-state index contributed by atoms with van der Waals surface area (Å²) in [4.78, 5) is 27.9. The molecule has 8 heteroatoms. The maximum Gasteiger partial charge on any atom is 0.258 e. The number of benzene rings is 2. The van der Waals surface area contributed by atoms with E-state index in [2.05, 4.69) is 38.2 Å². The molecule has 2 amide bonds. The van der Waals surface area contributed by atoms with Crippen molar-refractivity contribution in [2.24, 2.45) is 0 Å².